The number of nitrogens with zero attached hydrogens (tertiary/aromatic N) is 2. The van der Waals surface area contributed by atoms with Gasteiger partial charge in [0.05, 0.1) is 12.7 Å². The molecule has 6 nitrogen and oxygen atoms in total. The molecule has 29 heavy (non-hydrogen) atoms. The second-order valence-corrected chi connectivity index (χ2v) is 9.05. The van der Waals surface area contributed by atoms with Gasteiger partial charge in [0.25, 0.3) is 5.91 Å². The maximum Gasteiger partial charge on any atom is 0.276 e. The van der Waals surface area contributed by atoms with E-state index >= 15 is 0 Å². The Labute approximate surface area is 170 Å². The van der Waals surface area contributed by atoms with Crippen molar-refractivity contribution >= 4 is 5.91 Å². The summed E-state index contributed by atoms with van der Waals surface area (Å²) >= 11 is 0. The number of carbonyl (C=O) groups excluding carboxylic acids is 1. The average Bonchev–Trinajstić information content (AvgIpc) is 3.42. The molecule has 1 saturated carbocycles. The molecule has 1 saturated heterocycles. The Morgan fingerprint density at radius 2 is 2.21 bits per heavy atom. The first-order valence-electron chi connectivity index (χ1n) is 10.6. The van der Waals surface area contributed by atoms with Gasteiger partial charge in [-0.3, -0.25) is 4.79 Å². The Kier molecular flexibility index (Phi) is 4.42. The van der Waals surface area contributed by atoms with E-state index < -0.39 is 5.60 Å². The molecule has 3 aliphatic rings. The molecule has 2 heterocycles. The molecule has 4 atom stereocenters. The van der Waals surface area contributed by atoms with Crippen LogP contribution in [0.15, 0.2) is 28.8 Å². The zero-order valence-electron chi connectivity index (χ0n) is 17.1. The summed E-state index contributed by atoms with van der Waals surface area (Å²) in [5.41, 5.74) is 1.43. The van der Waals surface area contributed by atoms with Crippen molar-refractivity contribution in [2.24, 2.45) is 17.8 Å². The monoisotopic (exact) mass is 396 g/mol. The lowest BCUT2D eigenvalue weighted by Crippen LogP contribution is -2.37. The molecule has 0 bridgehead atoms. The highest BCUT2D eigenvalue weighted by Gasteiger charge is 2.53. The number of aryl methyl sites for hydroxylation is 1. The first-order chi connectivity index (χ1) is 14.0. The highest BCUT2D eigenvalue weighted by Crippen LogP contribution is 2.51. The van der Waals surface area contributed by atoms with Crippen LogP contribution >= 0.6 is 0 Å². The van der Waals surface area contributed by atoms with Crippen LogP contribution in [0.25, 0.3) is 0 Å². The highest BCUT2D eigenvalue weighted by molar-refractivity contribution is 5.94. The van der Waals surface area contributed by atoms with Gasteiger partial charge in [0, 0.05) is 31.0 Å². The lowest BCUT2D eigenvalue weighted by molar-refractivity contribution is -0.00609. The highest BCUT2D eigenvalue weighted by atomic mass is 16.5. The quantitative estimate of drug-likeness (QED) is 0.862. The molecule has 1 aromatic heterocycles. The van der Waals surface area contributed by atoms with Crippen LogP contribution in [-0.4, -0.2) is 41.3 Å². The largest absolute Gasteiger partial charge is 0.497 e. The second-order valence-electron chi connectivity index (χ2n) is 9.05. The summed E-state index contributed by atoms with van der Waals surface area (Å²) in [4.78, 5) is 15.1. The fraction of sp³-hybridized carbons (Fsp3) is 0.565. The van der Waals surface area contributed by atoms with Crippen molar-refractivity contribution in [1.82, 2.24) is 10.1 Å². The minimum absolute atomic E-state index is 0.0280. The molecule has 154 valence electrons. The number of hydrogen-bond donors (Lipinski definition) is 1. The summed E-state index contributed by atoms with van der Waals surface area (Å²) in [5, 5.41) is 15.7. The number of likely N-dealkylation sites (tertiary alicyclic amines) is 1. The van der Waals surface area contributed by atoms with Crippen molar-refractivity contribution in [2.75, 3.05) is 20.2 Å². The number of carbonyl (C=O) groups is 1. The summed E-state index contributed by atoms with van der Waals surface area (Å²) in [5.74, 6) is 2.44. The molecule has 2 aromatic rings. The van der Waals surface area contributed by atoms with Gasteiger partial charge in [-0.15, -0.1) is 0 Å². The normalized spacial score (nSPS) is 30.9. The minimum atomic E-state index is -0.925. The maximum atomic E-state index is 13.3. The van der Waals surface area contributed by atoms with Gasteiger partial charge in [0.15, 0.2) is 5.69 Å². The molecule has 2 fully saturated rings. The number of rotatable bonds is 3. The number of benzene rings is 1. The van der Waals surface area contributed by atoms with Gasteiger partial charge in [-0.25, -0.2) is 0 Å². The fourth-order valence-electron chi connectivity index (χ4n) is 5.61. The zero-order valence-corrected chi connectivity index (χ0v) is 17.1. The molecule has 5 rings (SSSR count). The predicted molar refractivity (Wildman–Crippen MR) is 107 cm³/mol. The SMILES string of the molecule is COc1cccc([C@@]2(O)CC[C@@H]3CN(C(=O)c4noc5c4C[C@@H](C)CC5)C[C@@H]32)c1. The van der Waals surface area contributed by atoms with E-state index in [1.165, 1.54) is 0 Å². The number of aliphatic hydroxyl groups is 1. The minimum Gasteiger partial charge on any atom is -0.497 e. The Hall–Kier alpha value is -2.34. The topological polar surface area (TPSA) is 75.8 Å². The molecular weight excluding hydrogens is 368 g/mol. The number of methoxy groups -OCH3 is 1. The number of fused-ring (bicyclic) bond motifs is 2. The van der Waals surface area contributed by atoms with E-state index in [0.29, 0.717) is 37.0 Å². The van der Waals surface area contributed by atoms with E-state index in [2.05, 4.69) is 12.1 Å². The van der Waals surface area contributed by atoms with E-state index in [1.54, 1.807) is 7.11 Å². The van der Waals surface area contributed by atoms with E-state index in [-0.39, 0.29) is 11.8 Å². The zero-order chi connectivity index (χ0) is 20.2. The molecule has 1 aliphatic heterocycles. The molecule has 1 N–H and O–H groups in total. The Morgan fingerprint density at radius 1 is 1.34 bits per heavy atom. The molecule has 1 amide bonds. The number of hydrogen-bond acceptors (Lipinski definition) is 5. The van der Waals surface area contributed by atoms with Gasteiger partial charge in [-0.1, -0.05) is 24.2 Å². The number of ether oxygens (including phenoxy) is 1. The van der Waals surface area contributed by atoms with Gasteiger partial charge in [0.2, 0.25) is 0 Å². The van der Waals surface area contributed by atoms with Crippen molar-refractivity contribution in [2.45, 2.75) is 44.6 Å². The van der Waals surface area contributed by atoms with Crippen molar-refractivity contribution in [3.05, 3.63) is 46.8 Å². The second kappa shape index (κ2) is 6.87. The van der Waals surface area contributed by atoms with Gasteiger partial charge < -0.3 is 19.3 Å². The van der Waals surface area contributed by atoms with E-state index in [1.807, 2.05) is 29.2 Å². The Bertz CT molecular complexity index is 939. The predicted octanol–water partition coefficient (Wildman–Crippen LogP) is 3.18. The summed E-state index contributed by atoms with van der Waals surface area (Å²) in [6, 6.07) is 7.69. The van der Waals surface area contributed by atoms with Crippen molar-refractivity contribution in [3.8, 4) is 5.75 Å². The van der Waals surface area contributed by atoms with Gasteiger partial charge in [0.1, 0.15) is 11.5 Å². The lowest BCUT2D eigenvalue weighted by Gasteiger charge is -2.31. The smallest absolute Gasteiger partial charge is 0.276 e. The standard InChI is InChI=1S/C23H28N2O4/c1-14-6-7-20-18(10-14)21(24-29-20)22(26)25-12-15-8-9-23(27,19(15)13-25)16-4-3-5-17(11-16)28-2/h3-5,11,14-15,19,27H,6-10,12-13H2,1-2H3/t14-,15+,19-,23-/m0/s1. The third-order valence-electron chi connectivity index (χ3n) is 7.30. The summed E-state index contributed by atoms with van der Waals surface area (Å²) in [6.07, 6.45) is 4.42. The molecule has 1 aromatic carbocycles. The van der Waals surface area contributed by atoms with E-state index in [0.717, 1.165) is 48.3 Å². The summed E-state index contributed by atoms with van der Waals surface area (Å²) in [7, 11) is 1.63. The van der Waals surface area contributed by atoms with E-state index in [9.17, 15) is 9.90 Å². The van der Waals surface area contributed by atoms with Crippen LogP contribution in [0, 0.1) is 17.8 Å². The lowest BCUT2D eigenvalue weighted by atomic mass is 9.82. The van der Waals surface area contributed by atoms with Crippen LogP contribution in [0.2, 0.25) is 0 Å². The summed E-state index contributed by atoms with van der Waals surface area (Å²) < 4.78 is 10.8. The van der Waals surface area contributed by atoms with Crippen LogP contribution < -0.4 is 4.74 Å². The molecule has 0 unspecified atom stereocenters. The van der Waals surface area contributed by atoms with E-state index in [4.69, 9.17) is 9.26 Å². The Morgan fingerprint density at radius 3 is 3.03 bits per heavy atom. The first-order valence-corrected chi connectivity index (χ1v) is 10.6. The average molecular weight is 396 g/mol. The first kappa shape index (κ1) is 18.7. The third kappa shape index (κ3) is 2.96. The van der Waals surface area contributed by atoms with Crippen LogP contribution in [-0.2, 0) is 18.4 Å². The van der Waals surface area contributed by atoms with Gasteiger partial charge in [-0.2, -0.15) is 0 Å². The fourth-order valence-corrected chi connectivity index (χ4v) is 5.61. The Balaban J connectivity index is 1.38. The van der Waals surface area contributed by atoms with Crippen LogP contribution in [0.3, 0.4) is 0 Å². The molecule has 6 heteroatoms. The van der Waals surface area contributed by atoms with Gasteiger partial charge in [-0.05, 0) is 55.2 Å². The number of aromatic nitrogens is 1. The number of amides is 1. The van der Waals surface area contributed by atoms with Crippen LogP contribution in [0.4, 0.5) is 0 Å². The third-order valence-corrected chi connectivity index (χ3v) is 7.30. The van der Waals surface area contributed by atoms with Crippen molar-refractivity contribution < 1.29 is 19.2 Å². The maximum absolute atomic E-state index is 13.3. The molecular formula is C23H28N2O4. The molecule has 0 spiro atoms. The molecule has 2 aliphatic carbocycles. The summed E-state index contributed by atoms with van der Waals surface area (Å²) in [6.45, 7) is 3.43. The van der Waals surface area contributed by atoms with Crippen LogP contribution in [0.1, 0.15) is 53.6 Å². The van der Waals surface area contributed by atoms with Gasteiger partial charge >= 0.3 is 0 Å². The van der Waals surface area contributed by atoms with Crippen molar-refractivity contribution in [3.63, 3.8) is 0 Å². The van der Waals surface area contributed by atoms with Crippen molar-refractivity contribution in [1.29, 1.82) is 0 Å². The molecule has 0 radical (unpaired) electrons. The van der Waals surface area contributed by atoms with Crippen LogP contribution in [0.5, 0.6) is 5.75 Å².